The summed E-state index contributed by atoms with van der Waals surface area (Å²) in [5.74, 6) is -0.298. The van der Waals surface area contributed by atoms with E-state index >= 15 is 0 Å². The fourth-order valence-corrected chi connectivity index (χ4v) is 8.24. The lowest BCUT2D eigenvalue weighted by Gasteiger charge is -2.16. The first-order valence-electron chi connectivity index (χ1n) is 10.8. The van der Waals surface area contributed by atoms with Gasteiger partial charge in [-0.05, 0) is 31.5 Å². The van der Waals surface area contributed by atoms with E-state index in [9.17, 15) is 17.8 Å². The number of ketones is 1. The van der Waals surface area contributed by atoms with Gasteiger partial charge in [0.2, 0.25) is 7.37 Å². The van der Waals surface area contributed by atoms with Crippen LogP contribution < -0.4 is 5.73 Å². The maximum atomic E-state index is 12.9. The number of nitrogens with zero attached hydrogens (tertiary/aromatic N) is 2. The molecule has 0 aliphatic carbocycles. The molecule has 3 rings (SSSR count). The molecule has 1 atom stereocenters. The highest BCUT2D eigenvalue weighted by molar-refractivity contribution is 7.98. The third-order valence-electron chi connectivity index (χ3n) is 5.27. The van der Waals surface area contributed by atoms with E-state index in [0.29, 0.717) is 11.3 Å². The summed E-state index contributed by atoms with van der Waals surface area (Å²) in [5, 5.41) is 0. The molecule has 180 valence electrons. The van der Waals surface area contributed by atoms with Crippen LogP contribution in [0.5, 0.6) is 0 Å². The van der Waals surface area contributed by atoms with Crippen LogP contribution in [0.2, 0.25) is 0 Å². The summed E-state index contributed by atoms with van der Waals surface area (Å²) in [6.07, 6.45) is 1.63. The Morgan fingerprint density at radius 3 is 2.29 bits per heavy atom. The maximum absolute atomic E-state index is 12.9. The number of carbonyl (C=O) groups is 1. The second-order valence-corrected chi connectivity index (χ2v) is 13.1. The van der Waals surface area contributed by atoms with Gasteiger partial charge in [0.25, 0.3) is 0 Å². The monoisotopic (exact) mass is 501 g/mol. The Morgan fingerprint density at radius 1 is 1.06 bits per heavy atom. The van der Waals surface area contributed by atoms with Crippen molar-refractivity contribution in [2.75, 3.05) is 24.0 Å². The van der Waals surface area contributed by atoms with Gasteiger partial charge in [-0.2, -0.15) is 0 Å². The molecule has 1 heterocycles. The second kappa shape index (κ2) is 10.6. The molecule has 0 unspecified atom stereocenters. The van der Waals surface area contributed by atoms with Crippen LogP contribution in [0.15, 0.2) is 59.6 Å². The lowest BCUT2D eigenvalue weighted by molar-refractivity contribution is 0.0989. The predicted octanol–water partition coefficient (Wildman–Crippen LogP) is 4.53. The number of sulfone groups is 1. The number of aromatic nitrogens is 2. The zero-order chi connectivity index (χ0) is 24.9. The molecule has 0 aliphatic rings. The molecule has 0 fully saturated rings. The molecule has 34 heavy (non-hydrogen) atoms. The first-order chi connectivity index (χ1) is 16.1. The quantitative estimate of drug-likeness (QED) is 0.317. The number of nitrogen functional groups attached to an aromatic ring is 1. The zero-order valence-corrected chi connectivity index (χ0v) is 21.1. The molecule has 0 saturated heterocycles. The number of anilines is 1. The molecule has 1 aromatic heterocycles. The van der Waals surface area contributed by atoms with Gasteiger partial charge in [0.15, 0.2) is 21.4 Å². The molecule has 3 aromatic rings. The molecule has 0 bridgehead atoms. The number of aryl methyl sites for hydroxylation is 1. The number of carbonyl (C=O) groups excluding carboxylic acids is 1. The van der Waals surface area contributed by atoms with Gasteiger partial charge in [0.1, 0.15) is 11.2 Å². The minimum atomic E-state index is -3.81. The number of nitrogens with two attached hydrogens (primary N) is 1. The SMILES string of the molecule is CCO[P@](=O)(CC)CS(=O)(=O)c1ccc(CC(=O)c2nc(-c3ccc(C)cc3)cnc2N)cc1. The van der Waals surface area contributed by atoms with Crippen molar-refractivity contribution in [3.8, 4) is 11.3 Å². The third-order valence-corrected chi connectivity index (χ3v) is 10.9. The summed E-state index contributed by atoms with van der Waals surface area (Å²) in [6.45, 7) is 5.47. The van der Waals surface area contributed by atoms with Crippen LogP contribution in [-0.2, 0) is 25.3 Å². The van der Waals surface area contributed by atoms with Crippen LogP contribution >= 0.6 is 7.37 Å². The van der Waals surface area contributed by atoms with Crippen molar-refractivity contribution in [1.29, 1.82) is 0 Å². The van der Waals surface area contributed by atoms with E-state index in [2.05, 4.69) is 9.97 Å². The smallest absolute Gasteiger partial charge is 0.217 e. The Kier molecular flexibility index (Phi) is 8.02. The van der Waals surface area contributed by atoms with Gasteiger partial charge in [-0.25, -0.2) is 18.4 Å². The summed E-state index contributed by atoms with van der Waals surface area (Å²) < 4.78 is 43.3. The molecule has 0 aliphatic heterocycles. The zero-order valence-electron chi connectivity index (χ0n) is 19.4. The second-order valence-electron chi connectivity index (χ2n) is 7.89. The van der Waals surface area contributed by atoms with E-state index in [4.69, 9.17) is 10.3 Å². The highest BCUT2D eigenvalue weighted by Crippen LogP contribution is 2.48. The van der Waals surface area contributed by atoms with Crippen molar-refractivity contribution in [2.24, 2.45) is 0 Å². The normalized spacial score (nSPS) is 13.4. The first-order valence-corrected chi connectivity index (χ1v) is 14.5. The Labute approximate surface area is 200 Å². The molecule has 2 N–H and O–H groups in total. The van der Waals surface area contributed by atoms with Crippen LogP contribution in [0, 0.1) is 6.92 Å². The van der Waals surface area contributed by atoms with Crippen LogP contribution in [0.3, 0.4) is 0 Å². The van der Waals surface area contributed by atoms with Crippen LogP contribution in [-0.4, -0.2) is 42.4 Å². The highest BCUT2D eigenvalue weighted by Gasteiger charge is 2.29. The van der Waals surface area contributed by atoms with Gasteiger partial charge in [0.05, 0.1) is 23.4 Å². The fourth-order valence-electron chi connectivity index (χ4n) is 3.34. The molecular formula is C24H28N3O5PS. The number of hydrogen-bond donors (Lipinski definition) is 1. The molecule has 2 aromatic carbocycles. The topological polar surface area (TPSA) is 129 Å². The number of Topliss-reactive ketones (excluding diaryl/α,β-unsaturated/α-hetero) is 1. The molecular weight excluding hydrogens is 473 g/mol. The average molecular weight is 502 g/mol. The predicted molar refractivity (Wildman–Crippen MR) is 133 cm³/mol. The fraction of sp³-hybridized carbons (Fsp3) is 0.292. The lowest BCUT2D eigenvalue weighted by Crippen LogP contribution is -2.12. The van der Waals surface area contributed by atoms with Gasteiger partial charge < -0.3 is 10.3 Å². The molecule has 0 spiro atoms. The van der Waals surface area contributed by atoms with Crippen molar-refractivity contribution >= 4 is 28.8 Å². The number of benzene rings is 2. The standard InChI is InChI=1S/C24H28N3O5PS/c1-4-32-33(29,5-2)16-34(30,31)20-12-8-18(9-13-20)14-22(28)23-24(25)26-15-21(27-23)19-10-6-17(3)7-11-19/h6-13,15H,4-5,14,16H2,1-3H3,(H2,25,26)/t33-/m1/s1. The summed E-state index contributed by atoms with van der Waals surface area (Å²) in [6, 6.07) is 13.6. The van der Waals surface area contributed by atoms with E-state index in [0.717, 1.165) is 11.1 Å². The molecule has 0 radical (unpaired) electrons. The molecule has 0 amide bonds. The van der Waals surface area contributed by atoms with Gasteiger partial charge in [-0.3, -0.25) is 9.36 Å². The van der Waals surface area contributed by atoms with Gasteiger partial charge in [-0.1, -0.05) is 48.9 Å². The summed E-state index contributed by atoms with van der Waals surface area (Å²) in [4.78, 5) is 21.5. The van der Waals surface area contributed by atoms with E-state index in [1.807, 2.05) is 31.2 Å². The minimum absolute atomic E-state index is 0.0248. The van der Waals surface area contributed by atoms with E-state index in [1.165, 1.54) is 18.3 Å². The Bertz CT molecular complexity index is 1320. The first kappa shape index (κ1) is 25.7. The highest BCUT2D eigenvalue weighted by atomic mass is 32.2. The Balaban J connectivity index is 1.78. The largest absolute Gasteiger partial charge is 0.382 e. The molecule has 8 nitrogen and oxygen atoms in total. The molecule has 0 saturated carbocycles. The van der Waals surface area contributed by atoms with Crippen molar-refractivity contribution in [2.45, 2.75) is 32.1 Å². The number of rotatable bonds is 10. The van der Waals surface area contributed by atoms with E-state index < -0.39 is 22.7 Å². The lowest BCUT2D eigenvalue weighted by atomic mass is 10.1. The summed E-state index contributed by atoms with van der Waals surface area (Å²) in [7, 11) is -7.08. The Hall–Kier alpha value is -2.87. The molecule has 10 heteroatoms. The Morgan fingerprint density at radius 2 is 1.71 bits per heavy atom. The van der Waals surface area contributed by atoms with Gasteiger partial charge >= 0.3 is 0 Å². The van der Waals surface area contributed by atoms with Crippen LogP contribution in [0.1, 0.15) is 35.5 Å². The van der Waals surface area contributed by atoms with E-state index in [-0.39, 0.29) is 41.4 Å². The van der Waals surface area contributed by atoms with Crippen molar-refractivity contribution in [3.63, 3.8) is 0 Å². The van der Waals surface area contributed by atoms with Gasteiger partial charge in [0, 0.05) is 18.1 Å². The van der Waals surface area contributed by atoms with Crippen molar-refractivity contribution in [3.05, 3.63) is 71.5 Å². The number of hydrogen-bond acceptors (Lipinski definition) is 8. The summed E-state index contributed by atoms with van der Waals surface area (Å²) >= 11 is 0. The van der Waals surface area contributed by atoms with Crippen LogP contribution in [0.25, 0.3) is 11.3 Å². The van der Waals surface area contributed by atoms with E-state index in [1.54, 1.807) is 26.0 Å². The van der Waals surface area contributed by atoms with Gasteiger partial charge in [-0.15, -0.1) is 0 Å². The van der Waals surface area contributed by atoms with Crippen LogP contribution in [0.4, 0.5) is 5.82 Å². The third kappa shape index (κ3) is 6.17. The average Bonchev–Trinajstić information content (AvgIpc) is 2.80. The minimum Gasteiger partial charge on any atom is -0.382 e. The maximum Gasteiger partial charge on any atom is 0.217 e. The van der Waals surface area contributed by atoms with Crippen molar-refractivity contribution < 1.29 is 22.3 Å². The van der Waals surface area contributed by atoms with Crippen molar-refractivity contribution in [1.82, 2.24) is 9.97 Å². The summed E-state index contributed by atoms with van der Waals surface area (Å²) in [5.41, 5.74) is 8.47.